The lowest BCUT2D eigenvalue weighted by molar-refractivity contribution is 0.174. The zero-order chi connectivity index (χ0) is 10.8. The summed E-state index contributed by atoms with van der Waals surface area (Å²) in [6, 6.07) is 3.33. The number of aliphatic hydroxyl groups is 1. The molecule has 0 spiro atoms. The number of aliphatic hydroxyl groups excluding tert-OH is 1. The number of halogens is 1. The van der Waals surface area contributed by atoms with Crippen LogP contribution in [-0.4, -0.2) is 18.0 Å². The summed E-state index contributed by atoms with van der Waals surface area (Å²) in [5.74, 6) is 1.39. The molecular formula is C11H13FO2S. The first-order valence-electron chi connectivity index (χ1n) is 4.85. The highest BCUT2D eigenvalue weighted by molar-refractivity contribution is 7.98. The van der Waals surface area contributed by atoms with E-state index in [4.69, 9.17) is 4.74 Å². The Balaban J connectivity index is 2.50. The van der Waals surface area contributed by atoms with Crippen LogP contribution in [0.15, 0.2) is 12.1 Å². The molecule has 0 saturated heterocycles. The van der Waals surface area contributed by atoms with Gasteiger partial charge in [0.05, 0.1) is 13.2 Å². The quantitative estimate of drug-likeness (QED) is 0.800. The molecule has 0 radical (unpaired) electrons. The van der Waals surface area contributed by atoms with E-state index in [9.17, 15) is 9.50 Å². The minimum Gasteiger partial charge on any atom is -0.494 e. The fourth-order valence-electron chi connectivity index (χ4n) is 1.76. The zero-order valence-corrected chi connectivity index (χ0v) is 9.31. The zero-order valence-electron chi connectivity index (χ0n) is 8.50. The van der Waals surface area contributed by atoms with Gasteiger partial charge in [-0.2, -0.15) is 11.8 Å². The Bertz CT molecular complexity index is 368. The topological polar surface area (TPSA) is 29.5 Å². The number of methoxy groups -OCH3 is 1. The largest absolute Gasteiger partial charge is 0.494 e. The van der Waals surface area contributed by atoms with Crippen LogP contribution in [0, 0.1) is 5.82 Å². The summed E-state index contributed by atoms with van der Waals surface area (Å²) in [7, 11) is 1.45. The van der Waals surface area contributed by atoms with E-state index in [1.165, 1.54) is 7.11 Å². The maximum atomic E-state index is 13.9. The minimum atomic E-state index is -0.546. The fraction of sp³-hybridized carbons (Fsp3) is 0.455. The number of fused-ring (bicyclic) bond motifs is 1. The molecule has 1 heterocycles. The standard InChI is InChI=1S/C11H13FO2S/c1-14-10-3-2-7-8(11(10)12)6-15-5-4-9(7)13/h2-3,9,13H,4-6H2,1H3/t9-/m0/s1. The van der Waals surface area contributed by atoms with Gasteiger partial charge in [-0.3, -0.25) is 0 Å². The number of hydrogen-bond donors (Lipinski definition) is 1. The Morgan fingerprint density at radius 1 is 1.53 bits per heavy atom. The lowest BCUT2D eigenvalue weighted by Gasteiger charge is -2.13. The van der Waals surface area contributed by atoms with Crippen LogP contribution in [0.1, 0.15) is 23.7 Å². The number of benzene rings is 1. The number of rotatable bonds is 1. The van der Waals surface area contributed by atoms with Crippen LogP contribution in [0.3, 0.4) is 0 Å². The Hall–Kier alpha value is -0.740. The second-order valence-corrected chi connectivity index (χ2v) is 4.61. The summed E-state index contributed by atoms with van der Waals surface area (Å²) in [6.45, 7) is 0. The van der Waals surface area contributed by atoms with Crippen molar-refractivity contribution in [1.29, 1.82) is 0 Å². The summed E-state index contributed by atoms with van der Waals surface area (Å²) < 4.78 is 18.8. The van der Waals surface area contributed by atoms with Gasteiger partial charge < -0.3 is 9.84 Å². The lowest BCUT2D eigenvalue weighted by Crippen LogP contribution is -2.03. The Labute approximate surface area is 92.4 Å². The van der Waals surface area contributed by atoms with E-state index < -0.39 is 6.10 Å². The molecule has 0 saturated carbocycles. The van der Waals surface area contributed by atoms with E-state index in [1.807, 2.05) is 0 Å². The first-order valence-corrected chi connectivity index (χ1v) is 6.00. The van der Waals surface area contributed by atoms with Gasteiger partial charge in [-0.25, -0.2) is 4.39 Å². The highest BCUT2D eigenvalue weighted by Gasteiger charge is 2.21. The van der Waals surface area contributed by atoms with Gasteiger partial charge in [0.1, 0.15) is 0 Å². The third kappa shape index (κ3) is 1.96. The molecule has 0 aliphatic carbocycles. The fourth-order valence-corrected chi connectivity index (χ4v) is 2.79. The third-order valence-electron chi connectivity index (χ3n) is 2.60. The predicted molar refractivity (Wildman–Crippen MR) is 58.7 cm³/mol. The summed E-state index contributed by atoms with van der Waals surface area (Å²) >= 11 is 1.64. The van der Waals surface area contributed by atoms with Gasteiger partial charge >= 0.3 is 0 Å². The summed E-state index contributed by atoms with van der Waals surface area (Å²) in [4.78, 5) is 0. The lowest BCUT2D eigenvalue weighted by atomic mass is 10.0. The maximum Gasteiger partial charge on any atom is 0.169 e. The van der Waals surface area contributed by atoms with Crippen molar-refractivity contribution in [1.82, 2.24) is 0 Å². The molecular weight excluding hydrogens is 215 g/mol. The highest BCUT2D eigenvalue weighted by Crippen LogP contribution is 2.35. The van der Waals surface area contributed by atoms with E-state index >= 15 is 0 Å². The van der Waals surface area contributed by atoms with Crippen molar-refractivity contribution in [3.63, 3.8) is 0 Å². The molecule has 1 atom stereocenters. The molecule has 1 N–H and O–H groups in total. The summed E-state index contributed by atoms with van der Waals surface area (Å²) in [6.07, 6.45) is 0.138. The molecule has 1 aliphatic rings. The van der Waals surface area contributed by atoms with Crippen LogP contribution in [-0.2, 0) is 5.75 Å². The van der Waals surface area contributed by atoms with Gasteiger partial charge in [0.2, 0.25) is 0 Å². The molecule has 1 aromatic carbocycles. The minimum absolute atomic E-state index is 0.253. The Morgan fingerprint density at radius 3 is 3.07 bits per heavy atom. The molecule has 4 heteroatoms. The van der Waals surface area contributed by atoms with E-state index in [1.54, 1.807) is 23.9 Å². The third-order valence-corrected chi connectivity index (χ3v) is 3.62. The first kappa shape index (κ1) is 10.8. The monoisotopic (exact) mass is 228 g/mol. The van der Waals surface area contributed by atoms with Crippen molar-refractivity contribution >= 4 is 11.8 Å². The highest BCUT2D eigenvalue weighted by atomic mass is 32.2. The Morgan fingerprint density at radius 2 is 2.33 bits per heavy atom. The molecule has 82 valence electrons. The van der Waals surface area contributed by atoms with Crippen molar-refractivity contribution in [3.8, 4) is 5.75 Å². The van der Waals surface area contributed by atoms with Crippen molar-refractivity contribution in [2.45, 2.75) is 18.3 Å². The molecule has 0 bridgehead atoms. The van der Waals surface area contributed by atoms with E-state index in [0.717, 1.165) is 5.75 Å². The average molecular weight is 228 g/mol. The molecule has 2 nitrogen and oxygen atoms in total. The first-order chi connectivity index (χ1) is 7.24. The molecule has 2 rings (SSSR count). The summed E-state index contributed by atoms with van der Waals surface area (Å²) in [5, 5.41) is 9.81. The molecule has 15 heavy (non-hydrogen) atoms. The van der Waals surface area contributed by atoms with E-state index in [-0.39, 0.29) is 11.6 Å². The molecule has 1 aliphatic heterocycles. The second kappa shape index (κ2) is 4.41. The average Bonchev–Trinajstić information content (AvgIpc) is 2.42. The summed E-state index contributed by atoms with van der Waals surface area (Å²) in [5.41, 5.74) is 1.29. The SMILES string of the molecule is COc1ccc2c(c1F)CSCC[C@@H]2O. The van der Waals surface area contributed by atoms with Crippen molar-refractivity contribution in [2.75, 3.05) is 12.9 Å². The van der Waals surface area contributed by atoms with Crippen molar-refractivity contribution < 1.29 is 14.2 Å². The number of ether oxygens (including phenoxy) is 1. The van der Waals surface area contributed by atoms with Crippen LogP contribution < -0.4 is 4.74 Å². The molecule has 0 unspecified atom stereocenters. The number of thioether (sulfide) groups is 1. The van der Waals surface area contributed by atoms with Crippen LogP contribution in [0.25, 0.3) is 0 Å². The maximum absolute atomic E-state index is 13.9. The predicted octanol–water partition coefficient (Wildman–Crippen LogP) is 2.50. The van der Waals surface area contributed by atoms with Gasteiger partial charge in [-0.1, -0.05) is 6.07 Å². The van der Waals surface area contributed by atoms with Crippen LogP contribution in [0.2, 0.25) is 0 Å². The van der Waals surface area contributed by atoms with Crippen molar-refractivity contribution in [2.24, 2.45) is 0 Å². The van der Waals surface area contributed by atoms with Crippen molar-refractivity contribution in [3.05, 3.63) is 29.1 Å². The number of hydrogen-bond acceptors (Lipinski definition) is 3. The van der Waals surface area contributed by atoms with Gasteiger partial charge in [0.25, 0.3) is 0 Å². The Kier molecular flexibility index (Phi) is 3.17. The molecule has 0 aromatic heterocycles. The van der Waals surface area contributed by atoms with Crippen LogP contribution >= 0.6 is 11.8 Å². The van der Waals surface area contributed by atoms with Crippen LogP contribution in [0.5, 0.6) is 5.75 Å². The normalized spacial score (nSPS) is 20.6. The second-order valence-electron chi connectivity index (χ2n) is 3.51. The molecule has 0 fully saturated rings. The van der Waals surface area contributed by atoms with E-state index in [2.05, 4.69) is 0 Å². The van der Waals surface area contributed by atoms with Gasteiger partial charge in [0.15, 0.2) is 11.6 Å². The van der Waals surface area contributed by atoms with Gasteiger partial charge in [0, 0.05) is 11.3 Å². The van der Waals surface area contributed by atoms with Gasteiger partial charge in [-0.05, 0) is 23.8 Å². The van der Waals surface area contributed by atoms with E-state index in [0.29, 0.717) is 23.3 Å². The van der Waals surface area contributed by atoms with Gasteiger partial charge in [-0.15, -0.1) is 0 Å². The van der Waals surface area contributed by atoms with Crippen LogP contribution in [0.4, 0.5) is 4.39 Å². The smallest absolute Gasteiger partial charge is 0.169 e. The molecule has 0 amide bonds. The molecule has 1 aromatic rings.